The third kappa shape index (κ3) is 4.63. The standard InChI is InChI=1S/C20H17ClN4O4S/c21-16-6-1-2-7-18(16)29-11-19-22-23-20(24(19)14-8-9-14)30-12-17(26)13-4-3-5-15(10-13)25(27)28/h1-7,10,14H,8-9,11-12H2. The van der Waals surface area contributed by atoms with Crippen molar-refractivity contribution in [1.29, 1.82) is 0 Å². The van der Waals surface area contributed by atoms with Crippen LogP contribution in [0.4, 0.5) is 5.69 Å². The number of rotatable bonds is 9. The van der Waals surface area contributed by atoms with Crippen LogP contribution >= 0.6 is 23.4 Å². The first-order valence-corrected chi connectivity index (χ1v) is 10.6. The number of ketones is 1. The van der Waals surface area contributed by atoms with Gasteiger partial charge in [-0.3, -0.25) is 19.5 Å². The van der Waals surface area contributed by atoms with E-state index >= 15 is 0 Å². The van der Waals surface area contributed by atoms with Gasteiger partial charge in [0.25, 0.3) is 5.69 Å². The second-order valence-corrected chi connectivity index (χ2v) is 8.09. The number of halogens is 1. The highest BCUT2D eigenvalue weighted by Gasteiger charge is 2.30. The fourth-order valence-electron chi connectivity index (χ4n) is 2.91. The lowest BCUT2D eigenvalue weighted by atomic mass is 10.1. The zero-order valence-corrected chi connectivity index (χ0v) is 17.3. The van der Waals surface area contributed by atoms with E-state index in [1.54, 1.807) is 18.2 Å². The molecule has 1 aliphatic carbocycles. The predicted molar refractivity (Wildman–Crippen MR) is 112 cm³/mol. The van der Waals surface area contributed by atoms with Crippen LogP contribution in [0.15, 0.2) is 53.7 Å². The molecule has 0 saturated heterocycles. The van der Waals surface area contributed by atoms with Gasteiger partial charge in [0.15, 0.2) is 16.8 Å². The minimum atomic E-state index is -0.515. The lowest BCUT2D eigenvalue weighted by molar-refractivity contribution is -0.384. The lowest BCUT2D eigenvalue weighted by Gasteiger charge is -2.10. The Hall–Kier alpha value is -2.91. The van der Waals surface area contributed by atoms with Crippen LogP contribution < -0.4 is 4.74 Å². The molecular weight excluding hydrogens is 428 g/mol. The van der Waals surface area contributed by atoms with Gasteiger partial charge in [-0.1, -0.05) is 47.6 Å². The number of nitrogens with zero attached hydrogens (tertiary/aromatic N) is 4. The number of hydrogen-bond acceptors (Lipinski definition) is 7. The number of carbonyl (C=O) groups is 1. The summed E-state index contributed by atoms with van der Waals surface area (Å²) in [5, 5.41) is 20.5. The first kappa shape index (κ1) is 20.4. The second-order valence-electron chi connectivity index (χ2n) is 6.74. The number of hydrogen-bond donors (Lipinski definition) is 0. The molecule has 0 amide bonds. The molecule has 154 valence electrons. The van der Waals surface area contributed by atoms with E-state index in [2.05, 4.69) is 10.2 Å². The average Bonchev–Trinajstić information content (AvgIpc) is 3.51. The Morgan fingerprint density at radius 1 is 1.23 bits per heavy atom. The van der Waals surface area contributed by atoms with Gasteiger partial charge in [0, 0.05) is 23.7 Å². The fourth-order valence-corrected chi connectivity index (χ4v) is 4.02. The van der Waals surface area contributed by atoms with Crippen LogP contribution in [0.25, 0.3) is 0 Å². The molecular formula is C20H17ClN4O4S. The Morgan fingerprint density at radius 2 is 2.03 bits per heavy atom. The van der Waals surface area contributed by atoms with Crippen LogP contribution in [0.1, 0.15) is 35.1 Å². The van der Waals surface area contributed by atoms with Crippen molar-refractivity contribution >= 4 is 34.8 Å². The van der Waals surface area contributed by atoms with Gasteiger partial charge in [-0.05, 0) is 25.0 Å². The van der Waals surface area contributed by atoms with Gasteiger partial charge in [-0.25, -0.2) is 0 Å². The predicted octanol–water partition coefficient (Wildman–Crippen LogP) is 4.73. The SMILES string of the molecule is O=C(CSc1nnc(COc2ccccc2Cl)n1C1CC1)c1cccc([N+](=O)[O-])c1. The third-order valence-corrected chi connectivity index (χ3v) is 5.81. The molecule has 0 spiro atoms. The molecule has 0 radical (unpaired) electrons. The van der Waals surface area contributed by atoms with E-state index in [0.717, 1.165) is 12.8 Å². The Labute approximate surface area is 181 Å². The second kappa shape index (κ2) is 8.85. The summed E-state index contributed by atoms with van der Waals surface area (Å²) >= 11 is 7.40. The first-order valence-electron chi connectivity index (χ1n) is 9.24. The minimum Gasteiger partial charge on any atom is -0.484 e. The molecule has 1 fully saturated rings. The molecule has 1 aromatic heterocycles. The number of non-ortho nitro benzene ring substituents is 1. The average molecular weight is 445 g/mol. The van der Waals surface area contributed by atoms with Gasteiger partial charge in [-0.15, -0.1) is 10.2 Å². The number of nitro benzene ring substituents is 1. The third-order valence-electron chi connectivity index (χ3n) is 4.55. The zero-order chi connectivity index (χ0) is 21.1. The van der Waals surface area contributed by atoms with E-state index < -0.39 is 4.92 Å². The van der Waals surface area contributed by atoms with Crippen molar-refractivity contribution in [1.82, 2.24) is 14.8 Å². The first-order chi connectivity index (χ1) is 14.5. The van der Waals surface area contributed by atoms with Gasteiger partial charge in [0.05, 0.1) is 15.7 Å². The van der Waals surface area contributed by atoms with Crippen molar-refractivity contribution in [3.63, 3.8) is 0 Å². The van der Waals surface area contributed by atoms with Gasteiger partial charge >= 0.3 is 0 Å². The van der Waals surface area contributed by atoms with E-state index in [9.17, 15) is 14.9 Å². The van der Waals surface area contributed by atoms with Crippen LogP contribution in [0.2, 0.25) is 5.02 Å². The van der Waals surface area contributed by atoms with Crippen molar-refractivity contribution in [2.75, 3.05) is 5.75 Å². The highest BCUT2D eigenvalue weighted by molar-refractivity contribution is 7.99. The van der Waals surface area contributed by atoms with E-state index in [-0.39, 0.29) is 23.8 Å². The number of Topliss-reactive ketones (excluding diaryl/α,β-unsaturated/α-hetero) is 1. The Morgan fingerprint density at radius 3 is 2.77 bits per heavy atom. The van der Waals surface area contributed by atoms with Gasteiger partial charge in [-0.2, -0.15) is 0 Å². The van der Waals surface area contributed by atoms with E-state index in [0.29, 0.717) is 33.4 Å². The number of nitro groups is 1. The van der Waals surface area contributed by atoms with Crippen molar-refractivity contribution in [2.45, 2.75) is 30.6 Å². The number of thioether (sulfide) groups is 1. The molecule has 1 aliphatic rings. The van der Waals surface area contributed by atoms with Crippen molar-refractivity contribution < 1.29 is 14.5 Å². The van der Waals surface area contributed by atoms with Crippen LogP contribution in [-0.4, -0.2) is 31.2 Å². The number of benzene rings is 2. The molecule has 1 heterocycles. The lowest BCUT2D eigenvalue weighted by Crippen LogP contribution is -2.08. The molecule has 1 saturated carbocycles. The number of para-hydroxylation sites is 1. The van der Waals surface area contributed by atoms with Crippen LogP contribution in [0, 0.1) is 10.1 Å². The summed E-state index contributed by atoms with van der Waals surface area (Å²) in [6, 6.07) is 13.2. The minimum absolute atomic E-state index is 0.106. The normalized spacial score (nSPS) is 13.2. The summed E-state index contributed by atoms with van der Waals surface area (Å²) < 4.78 is 7.79. The number of aromatic nitrogens is 3. The molecule has 0 bridgehead atoms. The highest BCUT2D eigenvalue weighted by atomic mass is 35.5. The van der Waals surface area contributed by atoms with Crippen LogP contribution in [0.3, 0.4) is 0 Å². The van der Waals surface area contributed by atoms with Gasteiger partial charge in [0.1, 0.15) is 12.4 Å². The summed E-state index contributed by atoms with van der Waals surface area (Å²) in [5.41, 5.74) is 0.197. The Balaban J connectivity index is 1.45. The molecule has 0 atom stereocenters. The Kier molecular flexibility index (Phi) is 6.01. The fraction of sp³-hybridized carbons (Fsp3) is 0.250. The molecule has 0 aliphatic heterocycles. The molecule has 4 rings (SSSR count). The largest absolute Gasteiger partial charge is 0.484 e. The van der Waals surface area contributed by atoms with E-state index in [4.69, 9.17) is 16.3 Å². The highest BCUT2D eigenvalue weighted by Crippen LogP contribution is 2.39. The van der Waals surface area contributed by atoms with Crippen LogP contribution in [0.5, 0.6) is 5.75 Å². The van der Waals surface area contributed by atoms with E-state index in [1.165, 1.54) is 30.0 Å². The van der Waals surface area contributed by atoms with Gasteiger partial charge < -0.3 is 4.74 Å². The van der Waals surface area contributed by atoms with Crippen LogP contribution in [-0.2, 0) is 6.61 Å². The Bertz CT molecular complexity index is 1100. The molecule has 10 heteroatoms. The molecule has 30 heavy (non-hydrogen) atoms. The molecule has 8 nitrogen and oxygen atoms in total. The molecule has 2 aromatic carbocycles. The molecule has 0 N–H and O–H groups in total. The number of carbonyl (C=O) groups excluding carboxylic acids is 1. The maximum Gasteiger partial charge on any atom is 0.270 e. The summed E-state index contributed by atoms with van der Waals surface area (Å²) in [4.78, 5) is 22.9. The van der Waals surface area contributed by atoms with Crippen molar-refractivity contribution in [2.24, 2.45) is 0 Å². The van der Waals surface area contributed by atoms with Crippen molar-refractivity contribution in [3.05, 3.63) is 75.1 Å². The summed E-state index contributed by atoms with van der Waals surface area (Å²) in [5.74, 6) is 1.14. The smallest absolute Gasteiger partial charge is 0.270 e. The van der Waals surface area contributed by atoms with E-state index in [1.807, 2.05) is 16.7 Å². The van der Waals surface area contributed by atoms with Gasteiger partial charge in [0.2, 0.25) is 0 Å². The maximum atomic E-state index is 12.5. The quantitative estimate of drug-likeness (QED) is 0.203. The monoisotopic (exact) mass is 444 g/mol. The topological polar surface area (TPSA) is 100 Å². The zero-order valence-electron chi connectivity index (χ0n) is 15.7. The molecule has 0 unspecified atom stereocenters. The molecule has 3 aromatic rings. The summed E-state index contributed by atoms with van der Waals surface area (Å²) in [6.07, 6.45) is 2.03. The maximum absolute atomic E-state index is 12.5. The van der Waals surface area contributed by atoms with Crippen molar-refractivity contribution in [3.8, 4) is 5.75 Å². The number of ether oxygens (including phenoxy) is 1. The summed E-state index contributed by atoms with van der Waals surface area (Å²) in [6.45, 7) is 0.215. The summed E-state index contributed by atoms with van der Waals surface area (Å²) in [7, 11) is 0.